The van der Waals surface area contributed by atoms with Crippen molar-refractivity contribution in [3.05, 3.63) is 41.7 Å². The molecule has 2 heterocycles. The number of fused-ring (bicyclic) bond motifs is 1. The zero-order valence-electron chi connectivity index (χ0n) is 9.65. The molecule has 0 saturated carbocycles. The minimum absolute atomic E-state index is 0.677. The van der Waals surface area contributed by atoms with E-state index in [1.54, 1.807) is 12.6 Å². The number of hydrogen-bond donors (Lipinski definition) is 1. The number of aromatic nitrogens is 2. The molecule has 1 N–H and O–H groups in total. The number of hydrogen-bond acceptors (Lipinski definition) is 4. The molecule has 88 valence electrons. The van der Waals surface area contributed by atoms with Crippen LogP contribution in [0.2, 0.25) is 0 Å². The molecule has 0 atom stereocenters. The molecule has 17 heavy (non-hydrogen) atoms. The quantitative estimate of drug-likeness (QED) is 0.878. The van der Waals surface area contributed by atoms with Gasteiger partial charge in [0, 0.05) is 11.3 Å². The predicted octanol–water partition coefficient (Wildman–Crippen LogP) is 2.56. The van der Waals surface area contributed by atoms with E-state index in [1.165, 1.54) is 24.1 Å². The van der Waals surface area contributed by atoms with E-state index in [-0.39, 0.29) is 0 Å². The zero-order chi connectivity index (χ0) is 11.5. The van der Waals surface area contributed by atoms with Gasteiger partial charge in [0.15, 0.2) is 0 Å². The smallest absolute Gasteiger partial charge is 0.133 e. The SMILES string of the molecule is c1coc(CNc2ncnc3c2CCCC3)c1. The van der Waals surface area contributed by atoms with Crippen molar-refractivity contribution in [2.75, 3.05) is 5.32 Å². The summed E-state index contributed by atoms with van der Waals surface area (Å²) >= 11 is 0. The van der Waals surface area contributed by atoms with Gasteiger partial charge in [0.2, 0.25) is 0 Å². The van der Waals surface area contributed by atoms with Crippen LogP contribution in [-0.2, 0) is 19.4 Å². The van der Waals surface area contributed by atoms with Gasteiger partial charge in [0.1, 0.15) is 17.9 Å². The normalized spacial score (nSPS) is 14.4. The lowest BCUT2D eigenvalue weighted by Gasteiger charge is -2.17. The van der Waals surface area contributed by atoms with E-state index in [4.69, 9.17) is 4.42 Å². The summed E-state index contributed by atoms with van der Waals surface area (Å²) in [5.74, 6) is 1.89. The van der Waals surface area contributed by atoms with Crippen molar-refractivity contribution in [2.45, 2.75) is 32.2 Å². The van der Waals surface area contributed by atoms with Crippen molar-refractivity contribution in [2.24, 2.45) is 0 Å². The van der Waals surface area contributed by atoms with Crippen molar-refractivity contribution in [1.29, 1.82) is 0 Å². The van der Waals surface area contributed by atoms with E-state index < -0.39 is 0 Å². The first-order valence-corrected chi connectivity index (χ1v) is 6.02. The molecule has 0 aliphatic heterocycles. The summed E-state index contributed by atoms with van der Waals surface area (Å²) in [5.41, 5.74) is 2.48. The third-order valence-electron chi connectivity index (χ3n) is 3.14. The van der Waals surface area contributed by atoms with Crippen LogP contribution in [0.25, 0.3) is 0 Å². The predicted molar refractivity (Wildman–Crippen MR) is 64.7 cm³/mol. The van der Waals surface area contributed by atoms with E-state index in [1.807, 2.05) is 12.1 Å². The first-order chi connectivity index (χ1) is 8.43. The van der Waals surface area contributed by atoms with E-state index in [9.17, 15) is 0 Å². The fraction of sp³-hybridized carbons (Fsp3) is 0.385. The van der Waals surface area contributed by atoms with Crippen LogP contribution in [0.15, 0.2) is 29.1 Å². The molecule has 0 amide bonds. The third kappa shape index (κ3) is 2.16. The fourth-order valence-electron chi connectivity index (χ4n) is 2.26. The Morgan fingerprint density at radius 3 is 3.06 bits per heavy atom. The average Bonchev–Trinajstić information content (AvgIpc) is 2.89. The maximum Gasteiger partial charge on any atom is 0.133 e. The Morgan fingerprint density at radius 1 is 1.24 bits per heavy atom. The van der Waals surface area contributed by atoms with E-state index in [0.717, 1.165) is 24.4 Å². The highest BCUT2D eigenvalue weighted by atomic mass is 16.3. The van der Waals surface area contributed by atoms with Crippen LogP contribution in [0.5, 0.6) is 0 Å². The van der Waals surface area contributed by atoms with Gasteiger partial charge in [0.05, 0.1) is 12.8 Å². The Labute approximate surface area is 100 Å². The second-order valence-electron chi connectivity index (χ2n) is 4.29. The minimum atomic E-state index is 0.677. The lowest BCUT2D eigenvalue weighted by atomic mass is 9.96. The monoisotopic (exact) mass is 229 g/mol. The molecule has 3 rings (SSSR count). The number of nitrogens with one attached hydrogen (secondary N) is 1. The molecule has 0 bridgehead atoms. The summed E-state index contributed by atoms with van der Waals surface area (Å²) in [6.07, 6.45) is 7.96. The molecule has 2 aromatic rings. The molecule has 0 saturated heterocycles. The topological polar surface area (TPSA) is 51.0 Å². The van der Waals surface area contributed by atoms with E-state index in [2.05, 4.69) is 15.3 Å². The Kier molecular flexibility index (Phi) is 2.78. The van der Waals surface area contributed by atoms with Gasteiger partial charge in [-0.3, -0.25) is 0 Å². The van der Waals surface area contributed by atoms with Crippen molar-refractivity contribution in [3.8, 4) is 0 Å². The molecular formula is C13H15N3O. The summed E-state index contributed by atoms with van der Waals surface area (Å²) in [4.78, 5) is 8.68. The maximum atomic E-state index is 5.29. The maximum absolute atomic E-state index is 5.29. The lowest BCUT2D eigenvalue weighted by Crippen LogP contribution is -2.11. The van der Waals surface area contributed by atoms with Gasteiger partial charge in [0.25, 0.3) is 0 Å². The van der Waals surface area contributed by atoms with Gasteiger partial charge in [-0.05, 0) is 37.8 Å². The van der Waals surface area contributed by atoms with E-state index in [0.29, 0.717) is 6.54 Å². The Morgan fingerprint density at radius 2 is 2.18 bits per heavy atom. The fourth-order valence-corrected chi connectivity index (χ4v) is 2.26. The van der Waals surface area contributed by atoms with Gasteiger partial charge < -0.3 is 9.73 Å². The van der Waals surface area contributed by atoms with Crippen LogP contribution >= 0.6 is 0 Å². The number of aryl methyl sites for hydroxylation is 1. The lowest BCUT2D eigenvalue weighted by molar-refractivity contribution is 0.517. The van der Waals surface area contributed by atoms with Crippen molar-refractivity contribution in [1.82, 2.24) is 9.97 Å². The molecule has 0 aromatic carbocycles. The summed E-state index contributed by atoms with van der Waals surface area (Å²) in [6.45, 7) is 0.677. The molecule has 0 unspecified atom stereocenters. The highest BCUT2D eigenvalue weighted by Crippen LogP contribution is 2.24. The molecule has 0 spiro atoms. The number of furan rings is 1. The van der Waals surface area contributed by atoms with Gasteiger partial charge in [-0.2, -0.15) is 0 Å². The van der Waals surface area contributed by atoms with Crippen molar-refractivity contribution in [3.63, 3.8) is 0 Å². The van der Waals surface area contributed by atoms with Gasteiger partial charge in [-0.15, -0.1) is 0 Å². The summed E-state index contributed by atoms with van der Waals surface area (Å²) in [7, 11) is 0. The van der Waals surface area contributed by atoms with Gasteiger partial charge >= 0.3 is 0 Å². The number of nitrogens with zero attached hydrogens (tertiary/aromatic N) is 2. The second-order valence-corrected chi connectivity index (χ2v) is 4.29. The van der Waals surface area contributed by atoms with Crippen molar-refractivity contribution < 1.29 is 4.42 Å². The number of rotatable bonds is 3. The second kappa shape index (κ2) is 4.57. The molecule has 0 radical (unpaired) electrons. The standard InChI is InChI=1S/C13H15N3O/c1-2-6-12-11(5-1)13(16-9-15-12)14-8-10-4-3-7-17-10/h3-4,7,9H,1-2,5-6,8H2,(H,14,15,16). The first kappa shape index (κ1) is 10.3. The molecule has 2 aromatic heterocycles. The molecule has 0 fully saturated rings. The molecule has 4 heteroatoms. The summed E-state index contributed by atoms with van der Waals surface area (Å²) in [5, 5.41) is 3.33. The Balaban J connectivity index is 1.78. The first-order valence-electron chi connectivity index (χ1n) is 6.02. The third-order valence-corrected chi connectivity index (χ3v) is 3.14. The average molecular weight is 229 g/mol. The Bertz CT molecular complexity index is 493. The number of anilines is 1. The molecule has 1 aliphatic carbocycles. The van der Waals surface area contributed by atoms with Crippen LogP contribution in [0, 0.1) is 0 Å². The van der Waals surface area contributed by atoms with Gasteiger partial charge in [-0.1, -0.05) is 0 Å². The Hall–Kier alpha value is -1.84. The van der Waals surface area contributed by atoms with Crippen LogP contribution in [0.3, 0.4) is 0 Å². The molecule has 1 aliphatic rings. The summed E-state index contributed by atoms with van der Waals surface area (Å²) in [6, 6.07) is 3.85. The zero-order valence-corrected chi connectivity index (χ0v) is 9.65. The minimum Gasteiger partial charge on any atom is -0.467 e. The van der Waals surface area contributed by atoms with Crippen LogP contribution in [-0.4, -0.2) is 9.97 Å². The van der Waals surface area contributed by atoms with Crippen LogP contribution in [0.1, 0.15) is 29.9 Å². The highest BCUT2D eigenvalue weighted by molar-refractivity contribution is 5.47. The van der Waals surface area contributed by atoms with Crippen LogP contribution < -0.4 is 5.32 Å². The van der Waals surface area contributed by atoms with Crippen molar-refractivity contribution >= 4 is 5.82 Å². The van der Waals surface area contributed by atoms with E-state index >= 15 is 0 Å². The van der Waals surface area contributed by atoms with Crippen LogP contribution in [0.4, 0.5) is 5.82 Å². The molecule has 4 nitrogen and oxygen atoms in total. The van der Waals surface area contributed by atoms with Gasteiger partial charge in [-0.25, -0.2) is 9.97 Å². The largest absolute Gasteiger partial charge is 0.467 e. The summed E-state index contributed by atoms with van der Waals surface area (Å²) < 4.78 is 5.29. The molecular weight excluding hydrogens is 214 g/mol. The highest BCUT2D eigenvalue weighted by Gasteiger charge is 2.15.